The first-order valence-corrected chi connectivity index (χ1v) is 16.9. The third kappa shape index (κ3) is 4.43. The summed E-state index contributed by atoms with van der Waals surface area (Å²) >= 11 is 0. The summed E-state index contributed by atoms with van der Waals surface area (Å²) in [6.07, 6.45) is 6.50. The molecule has 1 unspecified atom stereocenters. The first-order chi connectivity index (χ1) is 22.9. The SMILES string of the molecule is C#CCOC1CCN(c2ccc3c4ccc5c6c(ccc(c7cccc2c73)c64)C(=O)N(c2cc(C(C)(C)C)ccc2C(C)(C)C)C5=O)C1. The first-order valence-electron chi connectivity index (χ1n) is 16.9. The molecule has 0 saturated carbocycles. The summed E-state index contributed by atoms with van der Waals surface area (Å²) in [5, 5.41) is 8.46. The molecule has 5 heteroatoms. The van der Waals surface area contributed by atoms with Crippen LogP contribution in [0.2, 0.25) is 0 Å². The molecule has 1 atom stereocenters. The van der Waals surface area contributed by atoms with Gasteiger partial charge in [0.1, 0.15) is 6.61 Å². The quantitative estimate of drug-likeness (QED) is 0.0841. The Bertz CT molecular complexity index is 2300. The molecule has 0 spiro atoms. The largest absolute Gasteiger partial charge is 0.368 e. The number of terminal acetylenes is 1. The maximum Gasteiger partial charge on any atom is 0.265 e. The van der Waals surface area contributed by atoms with Crippen molar-refractivity contribution in [2.45, 2.75) is 64.9 Å². The van der Waals surface area contributed by atoms with Crippen LogP contribution in [0, 0.1) is 12.3 Å². The molecule has 0 N–H and O–H groups in total. The Morgan fingerprint density at radius 1 is 0.729 bits per heavy atom. The zero-order chi connectivity index (χ0) is 33.7. The van der Waals surface area contributed by atoms with E-state index in [1.54, 1.807) is 0 Å². The monoisotopic (exact) mass is 632 g/mol. The van der Waals surface area contributed by atoms with Crippen molar-refractivity contribution in [3.05, 3.63) is 95.1 Å². The molecule has 48 heavy (non-hydrogen) atoms. The highest BCUT2D eigenvalue weighted by atomic mass is 16.5. The van der Waals surface area contributed by atoms with E-state index in [0.29, 0.717) is 23.4 Å². The Morgan fingerprint density at radius 3 is 2.00 bits per heavy atom. The third-order valence-electron chi connectivity index (χ3n) is 10.4. The molecule has 0 bridgehead atoms. The minimum atomic E-state index is -0.275. The fourth-order valence-electron chi connectivity index (χ4n) is 8.04. The molecule has 0 aromatic heterocycles. The van der Waals surface area contributed by atoms with Crippen molar-refractivity contribution in [2.24, 2.45) is 0 Å². The van der Waals surface area contributed by atoms with Gasteiger partial charge < -0.3 is 9.64 Å². The fourth-order valence-corrected chi connectivity index (χ4v) is 8.04. The molecule has 2 amide bonds. The third-order valence-corrected chi connectivity index (χ3v) is 10.4. The lowest BCUT2D eigenvalue weighted by atomic mass is 9.80. The van der Waals surface area contributed by atoms with E-state index in [2.05, 4.69) is 107 Å². The maximum absolute atomic E-state index is 14.6. The van der Waals surface area contributed by atoms with E-state index in [-0.39, 0.29) is 28.7 Å². The van der Waals surface area contributed by atoms with Gasteiger partial charge in [-0.3, -0.25) is 9.59 Å². The van der Waals surface area contributed by atoms with Crippen LogP contribution < -0.4 is 9.80 Å². The van der Waals surface area contributed by atoms with E-state index < -0.39 is 0 Å². The van der Waals surface area contributed by atoms with Gasteiger partial charge in [-0.25, -0.2) is 4.90 Å². The number of rotatable bonds is 4. The number of carbonyl (C=O) groups is 2. The summed E-state index contributed by atoms with van der Waals surface area (Å²) in [7, 11) is 0. The molecular formula is C43H40N2O3. The summed E-state index contributed by atoms with van der Waals surface area (Å²) in [4.78, 5) is 33.0. The van der Waals surface area contributed by atoms with Gasteiger partial charge >= 0.3 is 0 Å². The second-order valence-electron chi connectivity index (χ2n) is 15.5. The predicted molar refractivity (Wildman–Crippen MR) is 198 cm³/mol. The van der Waals surface area contributed by atoms with Crippen molar-refractivity contribution >= 4 is 66.3 Å². The number of carbonyl (C=O) groups excluding carboxylic acids is 2. The number of imide groups is 1. The Hall–Kier alpha value is -4.92. The first kappa shape index (κ1) is 30.4. The van der Waals surface area contributed by atoms with Crippen LogP contribution in [-0.2, 0) is 15.6 Å². The normalized spacial score (nSPS) is 17.1. The molecule has 0 radical (unpaired) electrons. The number of ether oxygens (including phenoxy) is 1. The van der Waals surface area contributed by atoms with Crippen molar-refractivity contribution in [2.75, 3.05) is 29.5 Å². The average Bonchev–Trinajstić information content (AvgIpc) is 3.53. The molecular weight excluding hydrogens is 592 g/mol. The number of benzene rings is 6. The highest BCUT2D eigenvalue weighted by molar-refractivity contribution is 6.42. The number of amides is 2. The van der Waals surface area contributed by atoms with Crippen LogP contribution in [0.1, 0.15) is 79.8 Å². The van der Waals surface area contributed by atoms with Gasteiger partial charge in [0.2, 0.25) is 0 Å². The molecule has 240 valence electrons. The lowest BCUT2D eigenvalue weighted by molar-refractivity contribution is 0.0892. The Balaban J connectivity index is 1.32. The van der Waals surface area contributed by atoms with Gasteiger partial charge in [0, 0.05) is 40.7 Å². The molecule has 2 aliphatic heterocycles. The minimum Gasteiger partial charge on any atom is -0.368 e. The van der Waals surface area contributed by atoms with Crippen LogP contribution in [0.25, 0.3) is 43.1 Å². The van der Waals surface area contributed by atoms with Crippen molar-refractivity contribution < 1.29 is 14.3 Å². The second-order valence-corrected chi connectivity index (χ2v) is 15.5. The summed E-state index contributed by atoms with van der Waals surface area (Å²) in [6.45, 7) is 14.9. The van der Waals surface area contributed by atoms with Crippen LogP contribution in [0.5, 0.6) is 0 Å². The van der Waals surface area contributed by atoms with E-state index in [4.69, 9.17) is 11.2 Å². The molecule has 2 heterocycles. The fraction of sp³-hybridized carbons (Fsp3) is 0.302. The van der Waals surface area contributed by atoms with Crippen LogP contribution in [0.15, 0.2) is 72.8 Å². The molecule has 1 fully saturated rings. The summed E-state index contributed by atoms with van der Waals surface area (Å²) < 4.78 is 5.88. The second kappa shape index (κ2) is 10.5. The Labute approximate surface area is 281 Å². The van der Waals surface area contributed by atoms with Crippen LogP contribution in [0.3, 0.4) is 0 Å². The zero-order valence-electron chi connectivity index (χ0n) is 28.5. The number of hydrogen-bond donors (Lipinski definition) is 0. The van der Waals surface area contributed by atoms with Gasteiger partial charge in [-0.2, -0.15) is 0 Å². The lowest BCUT2D eigenvalue weighted by Crippen LogP contribution is -2.42. The van der Waals surface area contributed by atoms with E-state index in [1.807, 2.05) is 18.2 Å². The number of nitrogens with zero attached hydrogens (tertiary/aromatic N) is 2. The van der Waals surface area contributed by atoms with Gasteiger partial charge in [0.05, 0.1) is 11.8 Å². The van der Waals surface area contributed by atoms with Gasteiger partial charge in [0.25, 0.3) is 11.8 Å². The summed E-state index contributed by atoms with van der Waals surface area (Å²) in [5.41, 5.74) is 4.60. The van der Waals surface area contributed by atoms with Crippen molar-refractivity contribution in [3.63, 3.8) is 0 Å². The summed E-state index contributed by atoms with van der Waals surface area (Å²) in [6, 6.07) is 25.2. The van der Waals surface area contributed by atoms with E-state index in [1.165, 1.54) is 21.4 Å². The van der Waals surface area contributed by atoms with Crippen molar-refractivity contribution in [3.8, 4) is 12.3 Å². The topological polar surface area (TPSA) is 49.9 Å². The standard InChI is InChI=1S/C43H40N2O3/c1-8-22-48-26-20-21-44(24-26)35-19-17-28-30-14-16-33-39-32(15-13-29(38(30)39)27-10-9-11-31(35)37(27)28)40(46)45(41(33)47)36-23-25(42(2,3)4)12-18-34(36)43(5,6)7/h1,9-19,23,26H,20-22,24H2,2-7H3. The van der Waals surface area contributed by atoms with Crippen LogP contribution in [-0.4, -0.2) is 37.6 Å². The van der Waals surface area contributed by atoms with Crippen LogP contribution >= 0.6 is 0 Å². The number of hydrogen-bond acceptors (Lipinski definition) is 4. The predicted octanol–water partition coefficient (Wildman–Crippen LogP) is 9.36. The summed E-state index contributed by atoms with van der Waals surface area (Å²) in [5.74, 6) is 2.04. The van der Waals surface area contributed by atoms with Gasteiger partial charge in [0.15, 0.2) is 0 Å². The minimum absolute atomic E-state index is 0.119. The highest BCUT2D eigenvalue weighted by Gasteiger charge is 2.38. The molecule has 1 saturated heterocycles. The Morgan fingerprint density at radius 2 is 1.35 bits per heavy atom. The number of fused-ring (bicyclic) bond motifs is 2. The molecule has 6 aromatic carbocycles. The smallest absolute Gasteiger partial charge is 0.265 e. The zero-order valence-corrected chi connectivity index (χ0v) is 28.5. The van der Waals surface area contributed by atoms with Gasteiger partial charge in [-0.1, -0.05) is 96.0 Å². The van der Waals surface area contributed by atoms with Crippen LogP contribution in [0.4, 0.5) is 11.4 Å². The van der Waals surface area contributed by atoms with E-state index in [9.17, 15) is 9.59 Å². The Kier molecular flexibility index (Phi) is 6.68. The number of anilines is 2. The molecule has 8 rings (SSSR count). The van der Waals surface area contributed by atoms with E-state index >= 15 is 0 Å². The molecule has 6 aromatic rings. The lowest BCUT2D eigenvalue weighted by Gasteiger charge is -2.34. The average molecular weight is 633 g/mol. The maximum atomic E-state index is 14.6. The van der Waals surface area contributed by atoms with Crippen molar-refractivity contribution in [1.29, 1.82) is 0 Å². The van der Waals surface area contributed by atoms with Gasteiger partial charge in [-0.15, -0.1) is 6.42 Å². The van der Waals surface area contributed by atoms with E-state index in [0.717, 1.165) is 63.0 Å². The molecule has 0 aliphatic carbocycles. The highest BCUT2D eigenvalue weighted by Crippen LogP contribution is 2.47. The van der Waals surface area contributed by atoms with Crippen molar-refractivity contribution in [1.82, 2.24) is 0 Å². The van der Waals surface area contributed by atoms with Gasteiger partial charge in [-0.05, 0) is 85.0 Å². The molecule has 2 aliphatic rings. The molecule has 5 nitrogen and oxygen atoms in total.